The molecule has 0 bridgehead atoms. The highest BCUT2D eigenvalue weighted by molar-refractivity contribution is 8.00. The van der Waals surface area contributed by atoms with Crippen molar-refractivity contribution in [1.82, 2.24) is 0 Å². The lowest BCUT2D eigenvalue weighted by Crippen LogP contribution is -2.13. The Kier molecular flexibility index (Phi) is 5.25. The van der Waals surface area contributed by atoms with Crippen LogP contribution < -0.4 is 5.32 Å². The summed E-state index contributed by atoms with van der Waals surface area (Å²) in [6, 6.07) is 5.22. The minimum Gasteiger partial charge on any atom is -0.385 e. The first-order chi connectivity index (χ1) is 9.60. The molecule has 1 aliphatic rings. The van der Waals surface area contributed by atoms with E-state index >= 15 is 0 Å². The van der Waals surface area contributed by atoms with Crippen LogP contribution in [0.3, 0.4) is 0 Å². The fourth-order valence-corrected chi connectivity index (χ4v) is 3.39. The molecule has 0 aliphatic carbocycles. The SMILES string of the molecule is CCCNc1cc(SC2CCOC2C)cc([N+](=O)[O-])c1. The molecule has 2 rings (SSSR count). The molecule has 1 saturated heterocycles. The van der Waals surface area contributed by atoms with E-state index in [9.17, 15) is 10.1 Å². The van der Waals surface area contributed by atoms with Crippen LogP contribution >= 0.6 is 11.8 Å². The quantitative estimate of drug-likeness (QED) is 0.640. The van der Waals surface area contributed by atoms with E-state index in [1.54, 1.807) is 23.9 Å². The molecule has 20 heavy (non-hydrogen) atoms. The third-order valence-electron chi connectivity index (χ3n) is 3.28. The number of hydrogen-bond acceptors (Lipinski definition) is 5. The summed E-state index contributed by atoms with van der Waals surface area (Å²) in [7, 11) is 0. The summed E-state index contributed by atoms with van der Waals surface area (Å²) < 4.78 is 5.54. The zero-order valence-corrected chi connectivity index (χ0v) is 12.6. The highest BCUT2D eigenvalue weighted by Crippen LogP contribution is 2.35. The van der Waals surface area contributed by atoms with Crippen LogP contribution in [0.2, 0.25) is 0 Å². The van der Waals surface area contributed by atoms with Gasteiger partial charge in [0.15, 0.2) is 0 Å². The molecule has 1 aromatic rings. The maximum absolute atomic E-state index is 11.0. The van der Waals surface area contributed by atoms with Crippen molar-refractivity contribution in [3.05, 3.63) is 28.3 Å². The number of non-ortho nitro benzene ring substituents is 1. The van der Waals surface area contributed by atoms with Gasteiger partial charge in [0.1, 0.15) is 0 Å². The summed E-state index contributed by atoms with van der Waals surface area (Å²) in [5.74, 6) is 0. The van der Waals surface area contributed by atoms with Crippen LogP contribution in [-0.4, -0.2) is 29.4 Å². The Morgan fingerprint density at radius 3 is 2.90 bits per heavy atom. The van der Waals surface area contributed by atoms with Gasteiger partial charge in [0.2, 0.25) is 0 Å². The topological polar surface area (TPSA) is 64.4 Å². The molecule has 1 aromatic carbocycles. The van der Waals surface area contributed by atoms with E-state index in [-0.39, 0.29) is 16.7 Å². The van der Waals surface area contributed by atoms with Gasteiger partial charge in [-0.15, -0.1) is 11.8 Å². The second kappa shape index (κ2) is 6.95. The molecular formula is C14H20N2O3S. The van der Waals surface area contributed by atoms with Crippen LogP contribution in [0, 0.1) is 10.1 Å². The zero-order valence-electron chi connectivity index (χ0n) is 11.8. The molecule has 1 fully saturated rings. The summed E-state index contributed by atoms with van der Waals surface area (Å²) in [6.07, 6.45) is 2.18. The molecular weight excluding hydrogens is 276 g/mol. The normalized spacial score (nSPS) is 21.9. The smallest absolute Gasteiger partial charge is 0.272 e. The Hall–Kier alpha value is -1.27. The minimum atomic E-state index is -0.338. The number of rotatable bonds is 6. The molecule has 2 unspecified atom stereocenters. The van der Waals surface area contributed by atoms with E-state index < -0.39 is 0 Å². The molecule has 1 heterocycles. The predicted molar refractivity (Wildman–Crippen MR) is 81.6 cm³/mol. The number of nitro benzene ring substituents is 1. The maximum atomic E-state index is 11.0. The van der Waals surface area contributed by atoms with Crippen molar-refractivity contribution >= 4 is 23.1 Å². The Morgan fingerprint density at radius 1 is 1.50 bits per heavy atom. The van der Waals surface area contributed by atoms with Crippen molar-refractivity contribution in [2.24, 2.45) is 0 Å². The molecule has 0 amide bonds. The average molecular weight is 296 g/mol. The molecule has 0 aromatic heterocycles. The molecule has 2 atom stereocenters. The zero-order chi connectivity index (χ0) is 14.5. The van der Waals surface area contributed by atoms with Crippen LogP contribution in [0.1, 0.15) is 26.7 Å². The number of benzene rings is 1. The Balaban J connectivity index is 2.17. The monoisotopic (exact) mass is 296 g/mol. The lowest BCUT2D eigenvalue weighted by atomic mass is 10.2. The highest BCUT2D eigenvalue weighted by atomic mass is 32.2. The lowest BCUT2D eigenvalue weighted by Gasteiger charge is -2.14. The molecule has 1 N–H and O–H groups in total. The van der Waals surface area contributed by atoms with Gasteiger partial charge in [0.05, 0.1) is 11.0 Å². The number of nitro groups is 1. The molecule has 110 valence electrons. The van der Waals surface area contributed by atoms with E-state index in [2.05, 4.69) is 19.2 Å². The highest BCUT2D eigenvalue weighted by Gasteiger charge is 2.25. The van der Waals surface area contributed by atoms with Gasteiger partial charge in [0.25, 0.3) is 5.69 Å². The van der Waals surface area contributed by atoms with E-state index in [0.717, 1.165) is 36.6 Å². The van der Waals surface area contributed by atoms with Crippen molar-refractivity contribution in [2.75, 3.05) is 18.5 Å². The number of ether oxygens (including phenoxy) is 1. The number of nitrogens with zero attached hydrogens (tertiary/aromatic N) is 1. The Morgan fingerprint density at radius 2 is 2.30 bits per heavy atom. The fraction of sp³-hybridized carbons (Fsp3) is 0.571. The summed E-state index contributed by atoms with van der Waals surface area (Å²) in [5.41, 5.74) is 0.954. The van der Waals surface area contributed by atoms with E-state index in [1.807, 2.05) is 6.07 Å². The number of thioether (sulfide) groups is 1. The molecule has 1 aliphatic heterocycles. The van der Waals surface area contributed by atoms with Crippen LogP contribution in [0.4, 0.5) is 11.4 Å². The summed E-state index contributed by atoms with van der Waals surface area (Å²) >= 11 is 1.67. The predicted octanol–water partition coefficient (Wildman–Crippen LogP) is 3.69. The van der Waals surface area contributed by atoms with E-state index in [4.69, 9.17) is 4.74 Å². The van der Waals surface area contributed by atoms with Crippen molar-refractivity contribution < 1.29 is 9.66 Å². The van der Waals surface area contributed by atoms with Gasteiger partial charge >= 0.3 is 0 Å². The minimum absolute atomic E-state index is 0.139. The second-order valence-corrected chi connectivity index (χ2v) is 6.23. The number of nitrogens with one attached hydrogen (secondary N) is 1. The van der Waals surface area contributed by atoms with Gasteiger partial charge < -0.3 is 10.1 Å². The van der Waals surface area contributed by atoms with Crippen LogP contribution in [0.5, 0.6) is 0 Å². The van der Waals surface area contributed by atoms with Crippen LogP contribution in [-0.2, 0) is 4.74 Å². The fourth-order valence-electron chi connectivity index (χ4n) is 2.17. The second-order valence-electron chi connectivity index (χ2n) is 4.92. The number of hydrogen-bond donors (Lipinski definition) is 1. The molecule has 6 heteroatoms. The van der Waals surface area contributed by atoms with Crippen LogP contribution in [0.15, 0.2) is 23.1 Å². The first kappa shape index (κ1) is 15.1. The standard InChI is InChI=1S/C14H20N2O3S/c1-3-5-15-11-7-12(16(17)18)9-13(8-11)20-14-4-6-19-10(14)2/h7-10,14-15H,3-6H2,1-2H3. The van der Waals surface area contributed by atoms with Crippen molar-refractivity contribution in [3.8, 4) is 0 Å². The maximum Gasteiger partial charge on any atom is 0.272 e. The van der Waals surface area contributed by atoms with Crippen molar-refractivity contribution in [2.45, 2.75) is 42.9 Å². The van der Waals surface area contributed by atoms with Gasteiger partial charge in [0, 0.05) is 41.1 Å². The van der Waals surface area contributed by atoms with Crippen molar-refractivity contribution in [1.29, 1.82) is 0 Å². The van der Waals surface area contributed by atoms with Crippen molar-refractivity contribution in [3.63, 3.8) is 0 Å². The van der Waals surface area contributed by atoms with Gasteiger partial charge in [-0.25, -0.2) is 0 Å². The summed E-state index contributed by atoms with van der Waals surface area (Å²) in [4.78, 5) is 11.6. The molecule has 0 radical (unpaired) electrons. The summed E-state index contributed by atoms with van der Waals surface area (Å²) in [5, 5.41) is 14.6. The molecule has 0 spiro atoms. The Bertz CT molecular complexity index is 481. The average Bonchev–Trinajstić information content (AvgIpc) is 2.81. The lowest BCUT2D eigenvalue weighted by molar-refractivity contribution is -0.385. The van der Waals surface area contributed by atoms with Gasteiger partial charge in [-0.2, -0.15) is 0 Å². The van der Waals surface area contributed by atoms with E-state index in [1.165, 1.54) is 0 Å². The van der Waals surface area contributed by atoms with Crippen LogP contribution in [0.25, 0.3) is 0 Å². The molecule has 5 nitrogen and oxygen atoms in total. The van der Waals surface area contributed by atoms with Gasteiger partial charge in [-0.1, -0.05) is 6.92 Å². The van der Waals surface area contributed by atoms with Gasteiger partial charge in [-0.3, -0.25) is 10.1 Å². The van der Waals surface area contributed by atoms with Gasteiger partial charge in [-0.05, 0) is 25.8 Å². The third kappa shape index (κ3) is 3.86. The Labute approximate surface area is 123 Å². The largest absolute Gasteiger partial charge is 0.385 e. The third-order valence-corrected chi connectivity index (χ3v) is 4.70. The first-order valence-electron chi connectivity index (χ1n) is 6.91. The molecule has 0 saturated carbocycles. The van der Waals surface area contributed by atoms with E-state index in [0.29, 0.717) is 5.25 Å². The number of anilines is 1. The summed E-state index contributed by atoms with van der Waals surface area (Å²) in [6.45, 7) is 5.71. The first-order valence-corrected chi connectivity index (χ1v) is 7.79.